The molecular weight excluding hydrogens is 685 g/mol. The molecule has 0 aliphatic carbocycles. The van der Waals surface area contributed by atoms with E-state index in [0.29, 0.717) is 23.0 Å². The molecule has 1 unspecified atom stereocenters. The largest absolute Gasteiger partial charge is 0.354 e. The summed E-state index contributed by atoms with van der Waals surface area (Å²) in [6.07, 6.45) is 0.947. The lowest BCUT2D eigenvalue weighted by Gasteiger charge is -2.34. The Morgan fingerprint density at radius 2 is 1.52 bits per heavy atom. The molecule has 0 spiro atoms. The second kappa shape index (κ2) is 15.6. The molecule has 0 saturated heterocycles. The fraction of sp³-hybridized carbons (Fsp3) is 0.212. The van der Waals surface area contributed by atoms with Gasteiger partial charge in [-0.05, 0) is 72.1 Å². The topological polar surface area (TPSA) is 86.8 Å². The zero-order chi connectivity index (χ0) is 31.7. The van der Waals surface area contributed by atoms with Crippen molar-refractivity contribution in [1.29, 1.82) is 0 Å². The van der Waals surface area contributed by atoms with Crippen LogP contribution in [0.15, 0.2) is 112 Å². The summed E-state index contributed by atoms with van der Waals surface area (Å²) in [5.41, 5.74) is 1.83. The van der Waals surface area contributed by atoms with Gasteiger partial charge in [0.1, 0.15) is 12.6 Å². The lowest BCUT2D eigenvalue weighted by atomic mass is 10.0. The van der Waals surface area contributed by atoms with Crippen LogP contribution in [0.4, 0.5) is 5.69 Å². The molecule has 0 fully saturated rings. The highest BCUT2D eigenvalue weighted by Crippen LogP contribution is 2.28. The number of carbonyl (C=O) groups is 2. The normalized spacial score (nSPS) is 11.9. The number of carbonyl (C=O) groups excluding carboxylic acids is 2. The van der Waals surface area contributed by atoms with Gasteiger partial charge in [-0.3, -0.25) is 13.9 Å². The second-order valence-corrected chi connectivity index (χ2v) is 13.7. The first-order valence-electron chi connectivity index (χ1n) is 14.0. The van der Waals surface area contributed by atoms with E-state index in [0.717, 1.165) is 19.9 Å². The zero-order valence-electron chi connectivity index (χ0n) is 24.0. The Morgan fingerprint density at radius 1 is 0.841 bits per heavy atom. The van der Waals surface area contributed by atoms with Crippen LogP contribution in [0.2, 0.25) is 10.0 Å². The third-order valence-corrected chi connectivity index (χ3v) is 9.61. The first-order valence-corrected chi connectivity index (χ1v) is 17.0. The number of hydrogen-bond acceptors (Lipinski definition) is 4. The summed E-state index contributed by atoms with van der Waals surface area (Å²) in [4.78, 5) is 29.5. The Hall–Kier alpha value is -3.37. The summed E-state index contributed by atoms with van der Waals surface area (Å²) in [5.74, 6) is -0.885. The van der Waals surface area contributed by atoms with Gasteiger partial charge in [0.15, 0.2) is 0 Å². The summed E-state index contributed by atoms with van der Waals surface area (Å²) in [5, 5.41) is 3.61. The van der Waals surface area contributed by atoms with Crippen molar-refractivity contribution in [1.82, 2.24) is 10.2 Å². The standard InChI is InChI=1S/C33H32BrCl2N3O4S/c1-2-18-37-33(41)31(20-24-8-4-3-5-9-24)38(22-25-10-6-11-26(34)19-25)32(40)23-39(29-13-7-12-28(36)21-29)44(42,43)30-16-14-27(35)15-17-30/h3-17,19,21,31H,2,18,20,22-23H2,1H3,(H,37,41). The number of rotatable bonds is 13. The first-order chi connectivity index (χ1) is 21.1. The molecule has 0 heterocycles. The maximum absolute atomic E-state index is 14.4. The third-order valence-electron chi connectivity index (χ3n) is 6.84. The molecule has 0 saturated carbocycles. The average molecular weight is 718 g/mol. The number of halogens is 3. The molecule has 0 bridgehead atoms. The molecule has 11 heteroatoms. The number of amides is 2. The monoisotopic (exact) mass is 715 g/mol. The van der Waals surface area contributed by atoms with Crippen molar-refractivity contribution in [3.63, 3.8) is 0 Å². The Kier molecular flexibility index (Phi) is 11.9. The number of nitrogens with zero attached hydrogens (tertiary/aromatic N) is 2. The van der Waals surface area contributed by atoms with Gasteiger partial charge < -0.3 is 10.2 Å². The van der Waals surface area contributed by atoms with Gasteiger partial charge in [0.25, 0.3) is 10.0 Å². The summed E-state index contributed by atoms with van der Waals surface area (Å²) >= 11 is 15.8. The number of sulfonamides is 1. The molecule has 1 N–H and O–H groups in total. The van der Waals surface area contributed by atoms with E-state index in [2.05, 4.69) is 21.2 Å². The summed E-state index contributed by atoms with van der Waals surface area (Å²) < 4.78 is 29.9. The molecule has 2 amide bonds. The molecule has 0 aliphatic heterocycles. The molecule has 1 atom stereocenters. The van der Waals surface area contributed by atoms with Crippen LogP contribution in [-0.4, -0.2) is 44.3 Å². The van der Waals surface area contributed by atoms with E-state index < -0.39 is 28.5 Å². The zero-order valence-corrected chi connectivity index (χ0v) is 27.9. The SMILES string of the molecule is CCCNC(=O)C(Cc1ccccc1)N(Cc1cccc(Br)c1)C(=O)CN(c1cccc(Cl)c1)S(=O)(=O)c1ccc(Cl)cc1. The molecule has 0 aromatic heterocycles. The van der Waals surface area contributed by atoms with Crippen molar-refractivity contribution in [2.45, 2.75) is 37.2 Å². The summed E-state index contributed by atoms with van der Waals surface area (Å²) in [7, 11) is -4.25. The number of anilines is 1. The molecule has 230 valence electrons. The lowest BCUT2D eigenvalue weighted by Crippen LogP contribution is -2.53. The second-order valence-electron chi connectivity index (χ2n) is 10.1. The molecule has 4 aromatic carbocycles. The van der Waals surface area contributed by atoms with Gasteiger partial charge in [-0.25, -0.2) is 8.42 Å². The fourth-order valence-electron chi connectivity index (χ4n) is 4.65. The van der Waals surface area contributed by atoms with Crippen molar-refractivity contribution in [3.8, 4) is 0 Å². The van der Waals surface area contributed by atoms with Gasteiger partial charge in [-0.1, -0.05) is 94.6 Å². The van der Waals surface area contributed by atoms with Gasteiger partial charge in [-0.2, -0.15) is 0 Å². The molecular formula is C33H32BrCl2N3O4S. The average Bonchev–Trinajstić information content (AvgIpc) is 3.01. The Morgan fingerprint density at radius 3 is 2.18 bits per heavy atom. The molecule has 0 aliphatic rings. The Bertz CT molecular complexity index is 1690. The highest BCUT2D eigenvalue weighted by molar-refractivity contribution is 9.10. The van der Waals surface area contributed by atoms with E-state index in [9.17, 15) is 18.0 Å². The highest BCUT2D eigenvalue weighted by Gasteiger charge is 2.34. The molecule has 4 aromatic rings. The van der Waals surface area contributed by atoms with Gasteiger partial charge >= 0.3 is 0 Å². The summed E-state index contributed by atoms with van der Waals surface area (Å²) in [6, 6.07) is 27.9. The Labute approximate surface area is 277 Å². The van der Waals surface area contributed by atoms with Crippen molar-refractivity contribution in [3.05, 3.63) is 129 Å². The van der Waals surface area contributed by atoms with Gasteiger partial charge in [0.05, 0.1) is 10.6 Å². The molecule has 7 nitrogen and oxygen atoms in total. The van der Waals surface area contributed by atoms with E-state index >= 15 is 0 Å². The van der Waals surface area contributed by atoms with Crippen molar-refractivity contribution < 1.29 is 18.0 Å². The highest BCUT2D eigenvalue weighted by atomic mass is 79.9. The van der Waals surface area contributed by atoms with Crippen LogP contribution >= 0.6 is 39.1 Å². The number of benzene rings is 4. The van der Waals surface area contributed by atoms with Gasteiger partial charge in [0, 0.05) is 34.0 Å². The fourth-order valence-corrected chi connectivity index (χ4v) is 6.81. The van der Waals surface area contributed by atoms with Gasteiger partial charge in [-0.15, -0.1) is 0 Å². The number of nitrogens with one attached hydrogen (secondary N) is 1. The predicted octanol–water partition coefficient (Wildman–Crippen LogP) is 7.12. The van der Waals surface area contributed by atoms with Crippen LogP contribution in [-0.2, 0) is 32.6 Å². The van der Waals surface area contributed by atoms with E-state index in [4.69, 9.17) is 23.2 Å². The lowest BCUT2D eigenvalue weighted by molar-refractivity contribution is -0.140. The quantitative estimate of drug-likeness (QED) is 0.160. The van der Waals surface area contributed by atoms with E-state index in [1.807, 2.05) is 61.5 Å². The maximum atomic E-state index is 14.4. The third kappa shape index (κ3) is 8.85. The van der Waals surface area contributed by atoms with E-state index in [1.165, 1.54) is 35.2 Å². The molecule has 4 rings (SSSR count). The van der Waals surface area contributed by atoms with Crippen LogP contribution in [0.3, 0.4) is 0 Å². The molecule has 44 heavy (non-hydrogen) atoms. The maximum Gasteiger partial charge on any atom is 0.264 e. The number of hydrogen-bond donors (Lipinski definition) is 1. The minimum Gasteiger partial charge on any atom is -0.354 e. The minimum atomic E-state index is -4.25. The smallest absolute Gasteiger partial charge is 0.264 e. The summed E-state index contributed by atoms with van der Waals surface area (Å²) in [6.45, 7) is 1.87. The van der Waals surface area contributed by atoms with Crippen LogP contribution in [0, 0.1) is 0 Å². The minimum absolute atomic E-state index is 0.0465. The Balaban J connectivity index is 1.80. The van der Waals surface area contributed by atoms with Gasteiger partial charge in [0.2, 0.25) is 11.8 Å². The van der Waals surface area contributed by atoms with Crippen LogP contribution in [0.25, 0.3) is 0 Å². The predicted molar refractivity (Wildman–Crippen MR) is 179 cm³/mol. The van der Waals surface area contributed by atoms with Crippen molar-refractivity contribution in [2.75, 3.05) is 17.4 Å². The van der Waals surface area contributed by atoms with Crippen molar-refractivity contribution in [2.24, 2.45) is 0 Å². The van der Waals surface area contributed by atoms with E-state index in [1.54, 1.807) is 18.2 Å². The first kappa shape index (κ1) is 33.5. The molecule has 0 radical (unpaired) electrons. The van der Waals surface area contributed by atoms with Crippen LogP contribution in [0.5, 0.6) is 0 Å². The van der Waals surface area contributed by atoms with E-state index in [-0.39, 0.29) is 29.5 Å². The van der Waals surface area contributed by atoms with Crippen LogP contribution in [0.1, 0.15) is 24.5 Å². The van der Waals surface area contributed by atoms with Crippen LogP contribution < -0.4 is 9.62 Å². The van der Waals surface area contributed by atoms with Crippen molar-refractivity contribution >= 4 is 66.7 Å².